The van der Waals surface area contributed by atoms with Crippen LogP contribution in [0.4, 0.5) is 0 Å². The molecule has 0 aromatic carbocycles. The Balaban J connectivity index is 4.97. The Morgan fingerprint density at radius 1 is 1.15 bits per heavy atom. The smallest absolute Gasteiger partial charge is 0.346 e. The summed E-state index contributed by atoms with van der Waals surface area (Å²) in [6.07, 6.45) is 1.10. The van der Waals surface area contributed by atoms with Crippen LogP contribution < -0.4 is 0 Å². The second-order valence-electron chi connectivity index (χ2n) is 4.47. The predicted molar refractivity (Wildman–Crippen MR) is 59.2 cm³/mol. The van der Waals surface area contributed by atoms with Crippen molar-refractivity contribution in [2.75, 3.05) is 14.2 Å². The van der Waals surface area contributed by atoms with Gasteiger partial charge >= 0.3 is 8.56 Å². The van der Waals surface area contributed by atoms with Crippen molar-refractivity contribution in [3.8, 4) is 0 Å². The van der Waals surface area contributed by atoms with Gasteiger partial charge in [-0.3, -0.25) is 0 Å². The fraction of sp³-hybridized carbons (Fsp3) is 1.00. The van der Waals surface area contributed by atoms with Gasteiger partial charge in [0.1, 0.15) is 0 Å². The van der Waals surface area contributed by atoms with Crippen LogP contribution in [-0.4, -0.2) is 22.8 Å². The lowest BCUT2D eigenvalue weighted by Crippen LogP contribution is -2.52. The lowest BCUT2D eigenvalue weighted by atomic mass is 10.1. The molecule has 80 valence electrons. The molecule has 2 nitrogen and oxygen atoms in total. The zero-order valence-corrected chi connectivity index (χ0v) is 11.1. The van der Waals surface area contributed by atoms with Crippen molar-refractivity contribution in [1.29, 1.82) is 0 Å². The molecule has 0 N–H and O–H groups in total. The minimum Gasteiger partial charge on any atom is -0.397 e. The van der Waals surface area contributed by atoms with E-state index < -0.39 is 8.56 Å². The van der Waals surface area contributed by atoms with Crippen molar-refractivity contribution in [2.45, 2.75) is 51.6 Å². The van der Waals surface area contributed by atoms with Gasteiger partial charge in [-0.2, -0.15) is 0 Å². The van der Waals surface area contributed by atoms with Gasteiger partial charge in [-0.1, -0.05) is 34.6 Å². The molecule has 0 saturated heterocycles. The summed E-state index contributed by atoms with van der Waals surface area (Å²) in [6, 6.07) is 0. The maximum Gasteiger partial charge on any atom is 0.346 e. The second kappa shape index (κ2) is 4.58. The van der Waals surface area contributed by atoms with Crippen molar-refractivity contribution in [2.24, 2.45) is 0 Å². The largest absolute Gasteiger partial charge is 0.397 e. The fourth-order valence-electron chi connectivity index (χ4n) is 2.14. The van der Waals surface area contributed by atoms with Crippen molar-refractivity contribution in [3.63, 3.8) is 0 Å². The van der Waals surface area contributed by atoms with Crippen molar-refractivity contribution < 1.29 is 8.85 Å². The van der Waals surface area contributed by atoms with Gasteiger partial charge in [0.2, 0.25) is 0 Å². The van der Waals surface area contributed by atoms with Crippen LogP contribution in [0.1, 0.15) is 41.0 Å². The van der Waals surface area contributed by atoms with Gasteiger partial charge in [0.05, 0.1) is 0 Å². The Bertz CT molecular complexity index is 151. The molecular formula is C10H24O2Si. The van der Waals surface area contributed by atoms with E-state index in [0.717, 1.165) is 6.42 Å². The minimum absolute atomic E-state index is 0.171. The lowest BCUT2D eigenvalue weighted by Gasteiger charge is -2.43. The summed E-state index contributed by atoms with van der Waals surface area (Å²) >= 11 is 0. The van der Waals surface area contributed by atoms with E-state index in [9.17, 15) is 0 Å². The van der Waals surface area contributed by atoms with E-state index in [4.69, 9.17) is 8.85 Å². The van der Waals surface area contributed by atoms with Crippen LogP contribution in [0.5, 0.6) is 0 Å². The number of hydrogen-bond acceptors (Lipinski definition) is 2. The third-order valence-electron chi connectivity index (χ3n) is 3.19. The quantitative estimate of drug-likeness (QED) is 0.640. The molecule has 0 radical (unpaired) electrons. The molecule has 0 aromatic heterocycles. The first-order chi connectivity index (χ1) is 5.88. The highest BCUT2D eigenvalue weighted by molar-refractivity contribution is 6.71. The average molecular weight is 204 g/mol. The maximum atomic E-state index is 5.72. The highest BCUT2D eigenvalue weighted by Crippen LogP contribution is 2.46. The molecule has 0 unspecified atom stereocenters. The topological polar surface area (TPSA) is 18.5 Å². The van der Waals surface area contributed by atoms with Crippen molar-refractivity contribution >= 4 is 8.56 Å². The van der Waals surface area contributed by atoms with Crippen molar-refractivity contribution in [1.82, 2.24) is 0 Å². The third-order valence-corrected chi connectivity index (χ3v) is 8.17. The Labute approximate surface area is 83.9 Å². The Morgan fingerprint density at radius 2 is 1.54 bits per heavy atom. The molecule has 0 atom stereocenters. The molecule has 0 heterocycles. The van der Waals surface area contributed by atoms with Crippen LogP contribution in [0.25, 0.3) is 0 Å². The summed E-state index contributed by atoms with van der Waals surface area (Å²) in [5.74, 6) is 0. The molecular weight excluding hydrogens is 180 g/mol. The van der Waals surface area contributed by atoms with Crippen LogP contribution >= 0.6 is 0 Å². The fourth-order valence-corrected chi connectivity index (χ4v) is 6.41. The third kappa shape index (κ3) is 2.14. The monoisotopic (exact) mass is 204 g/mol. The molecule has 3 heteroatoms. The Kier molecular flexibility index (Phi) is 4.62. The summed E-state index contributed by atoms with van der Waals surface area (Å²) in [5.41, 5.74) is 0.484. The van der Waals surface area contributed by atoms with Crippen LogP contribution in [-0.2, 0) is 8.85 Å². The molecule has 0 saturated carbocycles. The summed E-state index contributed by atoms with van der Waals surface area (Å²) in [5, 5.41) is 0.171. The van der Waals surface area contributed by atoms with E-state index in [0.29, 0.717) is 5.54 Å². The maximum absolute atomic E-state index is 5.72. The van der Waals surface area contributed by atoms with Gasteiger partial charge in [0, 0.05) is 19.3 Å². The average Bonchev–Trinajstić information content (AvgIpc) is 2.06. The van der Waals surface area contributed by atoms with E-state index in [2.05, 4.69) is 34.6 Å². The zero-order valence-electron chi connectivity index (χ0n) is 10.1. The summed E-state index contributed by atoms with van der Waals surface area (Å²) in [4.78, 5) is 0. The predicted octanol–water partition coefficient (Wildman–Crippen LogP) is 3.32. The molecule has 0 aliphatic rings. The van der Waals surface area contributed by atoms with Crippen molar-refractivity contribution in [3.05, 3.63) is 0 Å². The molecule has 0 spiro atoms. The first-order valence-electron chi connectivity index (χ1n) is 4.98. The summed E-state index contributed by atoms with van der Waals surface area (Å²) in [7, 11) is 1.52. The van der Waals surface area contributed by atoms with E-state index in [-0.39, 0.29) is 5.04 Å². The SMILES string of the molecule is CCC(C)(C)[Si](OC)(OC)C(C)C. The molecule has 0 fully saturated rings. The highest BCUT2D eigenvalue weighted by atomic mass is 28.4. The number of hydrogen-bond donors (Lipinski definition) is 0. The Hall–Kier alpha value is 0.137. The minimum atomic E-state index is -2.05. The first-order valence-corrected chi connectivity index (χ1v) is 6.87. The normalized spacial score (nSPS) is 13.8. The Morgan fingerprint density at radius 3 is 1.62 bits per heavy atom. The van der Waals surface area contributed by atoms with E-state index >= 15 is 0 Å². The van der Waals surface area contributed by atoms with Gasteiger partial charge in [-0.15, -0.1) is 0 Å². The van der Waals surface area contributed by atoms with Gasteiger partial charge in [0.15, 0.2) is 0 Å². The van der Waals surface area contributed by atoms with E-state index in [1.54, 1.807) is 14.2 Å². The zero-order chi connectivity index (χ0) is 10.7. The second-order valence-corrected chi connectivity index (χ2v) is 9.13. The summed E-state index contributed by atoms with van der Waals surface area (Å²) < 4.78 is 11.4. The van der Waals surface area contributed by atoms with Gasteiger partial charge in [0.25, 0.3) is 0 Å². The molecule has 13 heavy (non-hydrogen) atoms. The van der Waals surface area contributed by atoms with Gasteiger partial charge in [-0.25, -0.2) is 0 Å². The molecule has 0 amide bonds. The van der Waals surface area contributed by atoms with Crippen LogP contribution in [0.15, 0.2) is 0 Å². The van der Waals surface area contributed by atoms with E-state index in [1.165, 1.54) is 0 Å². The highest BCUT2D eigenvalue weighted by Gasteiger charge is 2.52. The van der Waals surface area contributed by atoms with Crippen LogP contribution in [0, 0.1) is 0 Å². The number of rotatable bonds is 5. The molecule has 0 bridgehead atoms. The molecule has 0 aliphatic carbocycles. The van der Waals surface area contributed by atoms with E-state index in [1.807, 2.05) is 0 Å². The standard InChI is InChI=1S/C10H24O2Si/c1-8-10(4,5)13(11-6,12-7)9(2)3/h9H,8H2,1-7H3. The van der Waals surface area contributed by atoms with Gasteiger partial charge < -0.3 is 8.85 Å². The molecule has 0 aliphatic heterocycles. The lowest BCUT2D eigenvalue weighted by molar-refractivity contribution is 0.198. The van der Waals surface area contributed by atoms with Crippen LogP contribution in [0.3, 0.4) is 0 Å². The summed E-state index contributed by atoms with van der Waals surface area (Å²) in [6.45, 7) is 11.1. The van der Waals surface area contributed by atoms with Gasteiger partial charge in [-0.05, 0) is 12.0 Å². The molecule has 0 aromatic rings. The molecule has 0 rings (SSSR count). The first kappa shape index (κ1) is 13.1. The van der Waals surface area contributed by atoms with Crippen LogP contribution in [0.2, 0.25) is 10.6 Å².